The summed E-state index contributed by atoms with van der Waals surface area (Å²) in [4.78, 5) is 27.5. The number of hydrogen-bond acceptors (Lipinski definition) is 3. The molecular weight excluding hydrogens is 254 g/mol. The van der Waals surface area contributed by atoms with Crippen LogP contribution >= 0.6 is 0 Å². The summed E-state index contributed by atoms with van der Waals surface area (Å²) in [6, 6.07) is 3.84. The molecule has 108 valence electrons. The Hall–Kier alpha value is -1.91. The van der Waals surface area contributed by atoms with Crippen LogP contribution in [0.2, 0.25) is 0 Å². The van der Waals surface area contributed by atoms with Crippen LogP contribution in [0.1, 0.15) is 38.2 Å². The molecule has 1 aromatic rings. The van der Waals surface area contributed by atoms with E-state index in [1.165, 1.54) is 6.92 Å². The molecule has 0 bridgehead atoms. The topological polar surface area (TPSA) is 71.1 Å². The van der Waals surface area contributed by atoms with Gasteiger partial charge in [0.2, 0.25) is 11.8 Å². The minimum atomic E-state index is -0.0521. The highest BCUT2D eigenvalue weighted by atomic mass is 16.2. The van der Waals surface area contributed by atoms with Crippen LogP contribution < -0.4 is 10.6 Å². The van der Waals surface area contributed by atoms with Crippen LogP contribution in [-0.2, 0) is 9.59 Å². The van der Waals surface area contributed by atoms with Crippen molar-refractivity contribution < 1.29 is 9.59 Å². The molecule has 2 N–H and O–H groups in total. The van der Waals surface area contributed by atoms with Crippen LogP contribution in [-0.4, -0.2) is 22.8 Å². The van der Waals surface area contributed by atoms with E-state index >= 15 is 0 Å². The predicted molar refractivity (Wildman–Crippen MR) is 77.2 cm³/mol. The lowest BCUT2D eigenvalue weighted by molar-refractivity contribution is -0.123. The number of carbonyl (C=O) groups is 2. The molecule has 1 aliphatic carbocycles. The Morgan fingerprint density at radius 2 is 2.10 bits per heavy atom. The number of carbonyl (C=O) groups excluding carboxylic acids is 2. The summed E-state index contributed by atoms with van der Waals surface area (Å²) in [5, 5.41) is 5.75. The molecule has 0 aromatic carbocycles. The fraction of sp³-hybridized carbons (Fsp3) is 0.533. The van der Waals surface area contributed by atoms with Gasteiger partial charge in [-0.05, 0) is 37.8 Å². The standard InChI is InChI=1S/C15H21N3O2/c1-10-6-7-14(16-9-10)18-15(20)12-4-3-5-13(8-12)17-11(2)19/h6-7,9,12-13H,3-5,8H2,1-2H3,(H,17,19)(H,16,18,20)/t12-,13+/m0/s1. The van der Waals surface area contributed by atoms with Gasteiger partial charge in [0.05, 0.1) is 0 Å². The highest BCUT2D eigenvalue weighted by molar-refractivity contribution is 5.91. The first-order chi connectivity index (χ1) is 9.54. The Morgan fingerprint density at radius 3 is 2.75 bits per heavy atom. The van der Waals surface area contributed by atoms with Gasteiger partial charge in [0.15, 0.2) is 0 Å². The van der Waals surface area contributed by atoms with Gasteiger partial charge < -0.3 is 10.6 Å². The zero-order valence-corrected chi connectivity index (χ0v) is 12.0. The molecule has 1 fully saturated rings. The Bertz CT molecular complexity index is 484. The quantitative estimate of drug-likeness (QED) is 0.886. The minimum absolute atomic E-state index is 0.00333. The van der Waals surface area contributed by atoms with Crippen molar-refractivity contribution in [2.24, 2.45) is 5.92 Å². The normalized spacial score (nSPS) is 22.1. The average Bonchev–Trinajstić information content (AvgIpc) is 2.41. The molecule has 1 heterocycles. The number of rotatable bonds is 3. The third-order valence-corrected chi connectivity index (χ3v) is 3.62. The SMILES string of the molecule is CC(=O)N[C@@H]1CCC[C@H](C(=O)Nc2ccc(C)cn2)C1. The molecule has 0 saturated heterocycles. The van der Waals surface area contributed by atoms with Crippen molar-refractivity contribution in [3.63, 3.8) is 0 Å². The maximum absolute atomic E-state index is 12.2. The highest BCUT2D eigenvalue weighted by Gasteiger charge is 2.27. The number of nitrogens with one attached hydrogen (secondary N) is 2. The van der Waals surface area contributed by atoms with Crippen molar-refractivity contribution in [1.82, 2.24) is 10.3 Å². The van der Waals surface area contributed by atoms with Gasteiger partial charge in [-0.1, -0.05) is 12.5 Å². The third-order valence-electron chi connectivity index (χ3n) is 3.62. The molecule has 2 atom stereocenters. The summed E-state index contributed by atoms with van der Waals surface area (Å²) in [5.74, 6) is 0.499. The maximum atomic E-state index is 12.2. The Morgan fingerprint density at radius 1 is 1.30 bits per heavy atom. The van der Waals surface area contributed by atoms with Crippen molar-refractivity contribution in [3.8, 4) is 0 Å². The van der Waals surface area contributed by atoms with E-state index in [2.05, 4.69) is 15.6 Å². The van der Waals surface area contributed by atoms with E-state index in [4.69, 9.17) is 0 Å². The zero-order valence-electron chi connectivity index (χ0n) is 12.0. The lowest BCUT2D eigenvalue weighted by Crippen LogP contribution is -2.40. The lowest BCUT2D eigenvalue weighted by atomic mass is 9.85. The number of aryl methyl sites for hydroxylation is 1. The van der Waals surface area contributed by atoms with Gasteiger partial charge in [-0.3, -0.25) is 9.59 Å². The Labute approximate surface area is 119 Å². The monoisotopic (exact) mass is 275 g/mol. The van der Waals surface area contributed by atoms with Crippen LogP contribution in [0.25, 0.3) is 0 Å². The number of anilines is 1. The Kier molecular flexibility index (Phi) is 4.71. The second kappa shape index (κ2) is 6.50. The number of amides is 2. The molecule has 1 saturated carbocycles. The molecule has 20 heavy (non-hydrogen) atoms. The van der Waals surface area contributed by atoms with Gasteiger partial charge in [0.25, 0.3) is 0 Å². The van der Waals surface area contributed by atoms with Crippen molar-refractivity contribution in [2.45, 2.75) is 45.6 Å². The van der Waals surface area contributed by atoms with E-state index in [0.717, 1.165) is 24.8 Å². The van der Waals surface area contributed by atoms with Gasteiger partial charge in [-0.25, -0.2) is 4.98 Å². The summed E-state index contributed by atoms with van der Waals surface area (Å²) >= 11 is 0. The van der Waals surface area contributed by atoms with Gasteiger partial charge in [0, 0.05) is 25.1 Å². The fourth-order valence-electron chi connectivity index (χ4n) is 2.62. The first kappa shape index (κ1) is 14.5. The zero-order chi connectivity index (χ0) is 14.5. The molecule has 0 radical (unpaired) electrons. The second-order valence-electron chi connectivity index (χ2n) is 5.47. The van der Waals surface area contributed by atoms with Crippen molar-refractivity contribution in [2.75, 3.05) is 5.32 Å². The van der Waals surface area contributed by atoms with Crippen molar-refractivity contribution in [3.05, 3.63) is 23.9 Å². The Balaban J connectivity index is 1.91. The number of nitrogens with zero attached hydrogens (tertiary/aromatic N) is 1. The van der Waals surface area contributed by atoms with E-state index in [9.17, 15) is 9.59 Å². The summed E-state index contributed by atoms with van der Waals surface area (Å²) in [7, 11) is 0. The molecule has 0 unspecified atom stereocenters. The van der Waals surface area contributed by atoms with Crippen molar-refractivity contribution >= 4 is 17.6 Å². The molecule has 2 rings (SSSR count). The average molecular weight is 275 g/mol. The summed E-state index contributed by atoms with van der Waals surface area (Å²) in [6.07, 6.45) is 5.22. The molecule has 1 aromatic heterocycles. The van der Waals surface area contributed by atoms with E-state index in [-0.39, 0.29) is 23.8 Å². The number of hydrogen-bond donors (Lipinski definition) is 2. The largest absolute Gasteiger partial charge is 0.354 e. The molecule has 0 spiro atoms. The molecule has 5 nitrogen and oxygen atoms in total. The second-order valence-corrected chi connectivity index (χ2v) is 5.47. The van der Waals surface area contributed by atoms with Gasteiger partial charge in [-0.15, -0.1) is 0 Å². The molecule has 1 aliphatic rings. The van der Waals surface area contributed by atoms with Crippen LogP contribution in [0.3, 0.4) is 0 Å². The van der Waals surface area contributed by atoms with Crippen LogP contribution in [0.15, 0.2) is 18.3 Å². The first-order valence-corrected chi connectivity index (χ1v) is 7.05. The van der Waals surface area contributed by atoms with Crippen molar-refractivity contribution in [1.29, 1.82) is 0 Å². The third kappa shape index (κ3) is 4.05. The van der Waals surface area contributed by atoms with Gasteiger partial charge in [0.1, 0.15) is 5.82 Å². The fourth-order valence-corrected chi connectivity index (χ4v) is 2.62. The predicted octanol–water partition coefficient (Wildman–Crippen LogP) is 2.02. The van der Waals surface area contributed by atoms with E-state index in [0.29, 0.717) is 12.2 Å². The van der Waals surface area contributed by atoms with Gasteiger partial charge in [-0.2, -0.15) is 0 Å². The summed E-state index contributed by atoms with van der Waals surface area (Å²) in [5.41, 5.74) is 1.06. The number of aromatic nitrogens is 1. The molecule has 5 heteroatoms. The first-order valence-electron chi connectivity index (χ1n) is 7.05. The van der Waals surface area contributed by atoms with E-state index < -0.39 is 0 Å². The van der Waals surface area contributed by atoms with E-state index in [1.807, 2.05) is 13.0 Å². The molecule has 0 aliphatic heterocycles. The van der Waals surface area contributed by atoms with Gasteiger partial charge >= 0.3 is 0 Å². The summed E-state index contributed by atoms with van der Waals surface area (Å²) < 4.78 is 0. The van der Waals surface area contributed by atoms with E-state index in [1.54, 1.807) is 12.3 Å². The summed E-state index contributed by atoms with van der Waals surface area (Å²) in [6.45, 7) is 3.47. The maximum Gasteiger partial charge on any atom is 0.228 e. The van der Waals surface area contributed by atoms with Crippen LogP contribution in [0.5, 0.6) is 0 Å². The lowest BCUT2D eigenvalue weighted by Gasteiger charge is -2.28. The molecule has 2 amide bonds. The molecular formula is C15H21N3O2. The minimum Gasteiger partial charge on any atom is -0.354 e. The van der Waals surface area contributed by atoms with Crippen LogP contribution in [0, 0.1) is 12.8 Å². The number of pyridine rings is 1. The van der Waals surface area contributed by atoms with Crippen LogP contribution in [0.4, 0.5) is 5.82 Å². The smallest absolute Gasteiger partial charge is 0.228 e. The highest BCUT2D eigenvalue weighted by Crippen LogP contribution is 2.25.